The normalized spacial score (nSPS) is 17.3. The molecule has 1 fully saturated rings. The zero-order chi connectivity index (χ0) is 22.2. The third-order valence-electron chi connectivity index (χ3n) is 5.68. The number of aromatic nitrogens is 1. The number of hydrogen-bond donors (Lipinski definition) is 1. The summed E-state index contributed by atoms with van der Waals surface area (Å²) < 4.78 is 5.57. The second-order valence-electron chi connectivity index (χ2n) is 7.96. The maximum Gasteiger partial charge on any atom is 0.261 e. The van der Waals surface area contributed by atoms with Gasteiger partial charge in [-0.25, -0.2) is 0 Å². The smallest absolute Gasteiger partial charge is 0.261 e. The number of thiophene rings is 1. The molecule has 1 aromatic carbocycles. The van der Waals surface area contributed by atoms with Crippen LogP contribution in [0.15, 0.2) is 66.2 Å². The molecule has 1 amide bonds. The van der Waals surface area contributed by atoms with Gasteiger partial charge >= 0.3 is 0 Å². The summed E-state index contributed by atoms with van der Waals surface area (Å²) in [7, 11) is 0. The first kappa shape index (κ1) is 22.1. The lowest BCUT2D eigenvalue weighted by Crippen LogP contribution is -2.42. The summed E-state index contributed by atoms with van der Waals surface area (Å²) in [5, 5.41) is 5.19. The van der Waals surface area contributed by atoms with E-state index in [0.29, 0.717) is 0 Å². The van der Waals surface area contributed by atoms with Gasteiger partial charge in [0.1, 0.15) is 12.4 Å². The highest BCUT2D eigenvalue weighted by Crippen LogP contribution is 2.30. The molecule has 0 saturated carbocycles. The van der Waals surface area contributed by atoms with Crippen molar-refractivity contribution in [3.63, 3.8) is 0 Å². The summed E-state index contributed by atoms with van der Waals surface area (Å²) in [4.78, 5) is 20.6. The first-order chi connectivity index (χ1) is 15.7. The van der Waals surface area contributed by atoms with Crippen LogP contribution in [0.4, 0.5) is 0 Å². The van der Waals surface area contributed by atoms with Crippen molar-refractivity contribution < 1.29 is 9.53 Å². The average Bonchev–Trinajstić information content (AvgIpc) is 3.37. The van der Waals surface area contributed by atoms with Crippen molar-refractivity contribution in [1.29, 1.82) is 0 Å². The molecule has 1 aliphatic rings. The van der Waals surface area contributed by atoms with E-state index in [1.165, 1.54) is 16.9 Å². The number of nitrogens with zero attached hydrogens (tertiary/aromatic N) is 2. The second-order valence-corrected chi connectivity index (χ2v) is 8.91. The Hall–Kier alpha value is -3.14. The molecule has 1 saturated heterocycles. The molecule has 1 N–H and O–H groups in total. The fraction of sp³-hybridized carbons (Fsp3) is 0.308. The number of ether oxygens (including phenoxy) is 1. The zero-order valence-electron chi connectivity index (χ0n) is 17.9. The fourth-order valence-electron chi connectivity index (χ4n) is 4.24. The third kappa shape index (κ3) is 5.76. The van der Waals surface area contributed by atoms with E-state index in [0.717, 1.165) is 48.8 Å². The van der Waals surface area contributed by atoms with Crippen LogP contribution >= 0.6 is 11.3 Å². The maximum atomic E-state index is 12.9. The van der Waals surface area contributed by atoms with E-state index < -0.39 is 0 Å². The Morgan fingerprint density at radius 1 is 1.28 bits per heavy atom. The fourth-order valence-corrected chi connectivity index (χ4v) is 4.86. The molecule has 4 rings (SSSR count). The van der Waals surface area contributed by atoms with Crippen molar-refractivity contribution in [1.82, 2.24) is 15.2 Å². The van der Waals surface area contributed by atoms with Crippen LogP contribution in [0.1, 0.15) is 39.8 Å². The lowest BCUT2D eigenvalue weighted by atomic mass is 9.88. The molecule has 6 heteroatoms. The number of carbonyl (C=O) groups excluding carboxylic acids is 1. The highest BCUT2D eigenvalue weighted by atomic mass is 32.1. The molecule has 2 aromatic heterocycles. The lowest BCUT2D eigenvalue weighted by molar-refractivity contribution is 0.0879. The molecule has 0 radical (unpaired) electrons. The first-order valence-corrected chi connectivity index (χ1v) is 11.7. The van der Waals surface area contributed by atoms with Gasteiger partial charge < -0.3 is 10.1 Å². The van der Waals surface area contributed by atoms with Crippen LogP contribution in [-0.4, -0.2) is 35.5 Å². The molecular formula is C26H27N3O2S. The Labute approximate surface area is 193 Å². The molecule has 3 heterocycles. The standard InChI is InChI=1S/C26H27N3O2S/c1-2-15-31-22-10-5-8-20(17-22)18-29-14-6-9-21(19-29)25(23-11-3-4-13-27-23)28-26(30)24-12-7-16-32-24/h1,3-5,7-8,10-13,16-17,21,25H,6,9,14-15,18-19H2,(H,28,30). The van der Waals surface area contributed by atoms with Gasteiger partial charge in [-0.1, -0.05) is 30.2 Å². The average molecular weight is 446 g/mol. The molecule has 164 valence electrons. The van der Waals surface area contributed by atoms with Gasteiger partial charge in [0, 0.05) is 19.3 Å². The van der Waals surface area contributed by atoms with E-state index in [4.69, 9.17) is 11.2 Å². The molecular weight excluding hydrogens is 418 g/mol. The van der Waals surface area contributed by atoms with Crippen LogP contribution < -0.4 is 10.1 Å². The monoisotopic (exact) mass is 445 g/mol. The number of hydrogen-bond acceptors (Lipinski definition) is 5. The van der Waals surface area contributed by atoms with Gasteiger partial charge in [0.25, 0.3) is 5.91 Å². The van der Waals surface area contributed by atoms with Crippen molar-refractivity contribution in [3.8, 4) is 18.1 Å². The van der Waals surface area contributed by atoms with Crippen LogP contribution in [-0.2, 0) is 6.54 Å². The van der Waals surface area contributed by atoms with E-state index in [1.54, 1.807) is 6.20 Å². The predicted octanol–water partition coefficient (Wildman–Crippen LogP) is 4.54. The highest BCUT2D eigenvalue weighted by Gasteiger charge is 2.31. The summed E-state index contributed by atoms with van der Waals surface area (Å²) in [6, 6.07) is 17.6. The Morgan fingerprint density at radius 3 is 3.00 bits per heavy atom. The van der Waals surface area contributed by atoms with E-state index >= 15 is 0 Å². The maximum absolute atomic E-state index is 12.9. The van der Waals surface area contributed by atoms with Crippen molar-refractivity contribution in [3.05, 3.63) is 82.3 Å². The van der Waals surface area contributed by atoms with Gasteiger partial charge in [-0.05, 0) is 66.6 Å². The van der Waals surface area contributed by atoms with Crippen LogP contribution in [0.5, 0.6) is 5.75 Å². The lowest BCUT2D eigenvalue weighted by Gasteiger charge is -2.37. The van der Waals surface area contributed by atoms with E-state index in [-0.39, 0.29) is 24.5 Å². The zero-order valence-corrected chi connectivity index (χ0v) is 18.8. The van der Waals surface area contributed by atoms with Gasteiger partial charge in [0.2, 0.25) is 0 Å². The Morgan fingerprint density at radius 2 is 2.22 bits per heavy atom. The van der Waals surface area contributed by atoms with Gasteiger partial charge in [0.15, 0.2) is 0 Å². The summed E-state index contributed by atoms with van der Waals surface area (Å²) >= 11 is 1.46. The number of terminal acetylenes is 1. The van der Waals surface area contributed by atoms with Crippen molar-refractivity contribution in [2.24, 2.45) is 5.92 Å². The quantitative estimate of drug-likeness (QED) is 0.517. The number of pyridine rings is 1. The topological polar surface area (TPSA) is 54.5 Å². The molecule has 2 unspecified atom stereocenters. The third-order valence-corrected chi connectivity index (χ3v) is 6.55. The molecule has 32 heavy (non-hydrogen) atoms. The minimum Gasteiger partial charge on any atom is -0.481 e. The number of rotatable bonds is 8. The molecule has 0 aliphatic carbocycles. The minimum atomic E-state index is -0.126. The first-order valence-electron chi connectivity index (χ1n) is 10.9. The molecule has 3 aromatic rings. The number of likely N-dealkylation sites (tertiary alicyclic amines) is 1. The van der Waals surface area contributed by atoms with Crippen LogP contribution in [0, 0.1) is 18.3 Å². The predicted molar refractivity (Wildman–Crippen MR) is 128 cm³/mol. The SMILES string of the molecule is C#CCOc1cccc(CN2CCCC(C(NC(=O)c3cccs3)c3ccccn3)C2)c1. The minimum absolute atomic E-state index is 0.0360. The molecule has 0 bridgehead atoms. The van der Waals surface area contributed by atoms with Gasteiger partial charge in [-0.2, -0.15) is 0 Å². The van der Waals surface area contributed by atoms with Crippen molar-refractivity contribution >= 4 is 17.2 Å². The summed E-state index contributed by atoms with van der Waals surface area (Å²) in [5.41, 5.74) is 2.10. The summed E-state index contributed by atoms with van der Waals surface area (Å²) in [6.45, 7) is 3.02. The molecule has 2 atom stereocenters. The van der Waals surface area contributed by atoms with Crippen molar-refractivity contribution in [2.45, 2.75) is 25.4 Å². The second kappa shape index (κ2) is 10.9. The Bertz CT molecular complexity index is 1050. The molecule has 0 spiro atoms. The highest BCUT2D eigenvalue weighted by molar-refractivity contribution is 7.12. The Balaban J connectivity index is 1.47. The summed E-state index contributed by atoms with van der Waals surface area (Å²) in [5.74, 6) is 3.54. The van der Waals surface area contributed by atoms with Crippen LogP contribution in [0.25, 0.3) is 0 Å². The van der Waals surface area contributed by atoms with E-state index in [2.05, 4.69) is 33.3 Å². The van der Waals surface area contributed by atoms with Gasteiger partial charge in [0.05, 0.1) is 16.6 Å². The molecule has 1 aliphatic heterocycles. The van der Waals surface area contributed by atoms with Crippen molar-refractivity contribution in [2.75, 3.05) is 19.7 Å². The van der Waals surface area contributed by atoms with Crippen LogP contribution in [0.3, 0.4) is 0 Å². The Kier molecular flexibility index (Phi) is 7.55. The van der Waals surface area contributed by atoms with Gasteiger partial charge in [-0.3, -0.25) is 14.7 Å². The van der Waals surface area contributed by atoms with E-state index in [9.17, 15) is 4.79 Å². The van der Waals surface area contributed by atoms with Crippen LogP contribution in [0.2, 0.25) is 0 Å². The van der Waals surface area contributed by atoms with Gasteiger partial charge in [-0.15, -0.1) is 17.8 Å². The number of nitrogens with one attached hydrogen (secondary N) is 1. The number of piperidine rings is 1. The number of benzene rings is 1. The molecule has 5 nitrogen and oxygen atoms in total. The van der Waals surface area contributed by atoms with E-state index in [1.807, 2.05) is 47.8 Å². The summed E-state index contributed by atoms with van der Waals surface area (Å²) in [6.07, 6.45) is 9.23. The number of amides is 1. The largest absolute Gasteiger partial charge is 0.481 e. The number of carbonyl (C=O) groups is 1.